The molecule has 0 spiro atoms. The van der Waals surface area contributed by atoms with Crippen LogP contribution in [0.15, 0.2) is 65.8 Å². The molecule has 0 fully saturated rings. The fraction of sp³-hybridized carbons (Fsp3) is 0.208. The van der Waals surface area contributed by atoms with Gasteiger partial charge in [-0.3, -0.25) is 4.79 Å². The topological polar surface area (TPSA) is 79.1 Å². The summed E-state index contributed by atoms with van der Waals surface area (Å²) in [6, 6.07) is 18.7. The Labute approximate surface area is 180 Å². The van der Waals surface area contributed by atoms with Crippen molar-refractivity contribution >= 4 is 18.0 Å². The van der Waals surface area contributed by atoms with E-state index in [4.69, 9.17) is 14.3 Å². The summed E-state index contributed by atoms with van der Waals surface area (Å²) in [5.41, 5.74) is 4.00. The zero-order chi connectivity index (χ0) is 22.2. The summed E-state index contributed by atoms with van der Waals surface area (Å²) in [6.45, 7) is 3.05. The van der Waals surface area contributed by atoms with E-state index in [1.807, 2.05) is 48.7 Å². The van der Waals surface area contributed by atoms with Gasteiger partial charge in [-0.2, -0.15) is 0 Å². The molecule has 0 atom stereocenters. The number of ketones is 1. The molecule has 0 saturated carbocycles. The molecule has 160 valence electrons. The Morgan fingerprint density at radius 1 is 1.00 bits per heavy atom. The standard InChI is InChI=1S/C24H24N2O5/c1-17-13-22(18(2)26(17)20-7-5-4-6-8-20)23(27)15-30-24(28)16-31-25-14-19-9-11-21(29-3)12-10-19/h4-14H,15-16H2,1-3H3/b25-14-. The summed E-state index contributed by atoms with van der Waals surface area (Å²) in [4.78, 5) is 29.4. The van der Waals surface area contributed by atoms with Gasteiger partial charge in [-0.1, -0.05) is 23.4 Å². The van der Waals surface area contributed by atoms with Crippen LogP contribution in [0.2, 0.25) is 0 Å². The Hall–Kier alpha value is -3.87. The fourth-order valence-electron chi connectivity index (χ4n) is 3.16. The Kier molecular flexibility index (Phi) is 7.22. The predicted molar refractivity (Wildman–Crippen MR) is 117 cm³/mol. The van der Waals surface area contributed by atoms with Crippen LogP contribution < -0.4 is 4.74 Å². The number of esters is 1. The maximum atomic E-state index is 12.6. The monoisotopic (exact) mass is 420 g/mol. The van der Waals surface area contributed by atoms with E-state index in [0.29, 0.717) is 5.56 Å². The maximum absolute atomic E-state index is 12.6. The number of para-hydroxylation sites is 1. The van der Waals surface area contributed by atoms with Gasteiger partial charge in [0.05, 0.1) is 13.3 Å². The zero-order valence-corrected chi connectivity index (χ0v) is 17.7. The third-order valence-corrected chi connectivity index (χ3v) is 4.68. The molecule has 0 aliphatic carbocycles. The van der Waals surface area contributed by atoms with Gasteiger partial charge in [0.2, 0.25) is 12.4 Å². The number of oxime groups is 1. The van der Waals surface area contributed by atoms with E-state index in [9.17, 15) is 9.59 Å². The van der Waals surface area contributed by atoms with E-state index in [2.05, 4.69) is 5.16 Å². The number of benzene rings is 2. The van der Waals surface area contributed by atoms with Crippen molar-refractivity contribution in [1.82, 2.24) is 4.57 Å². The third-order valence-electron chi connectivity index (χ3n) is 4.68. The molecule has 3 aromatic rings. The molecular formula is C24H24N2O5. The highest BCUT2D eigenvalue weighted by atomic mass is 16.7. The van der Waals surface area contributed by atoms with Gasteiger partial charge in [0, 0.05) is 22.6 Å². The second-order valence-corrected chi connectivity index (χ2v) is 6.82. The van der Waals surface area contributed by atoms with Gasteiger partial charge in [-0.05, 0) is 61.9 Å². The molecule has 0 aliphatic rings. The van der Waals surface area contributed by atoms with Crippen molar-refractivity contribution in [2.24, 2.45) is 5.16 Å². The Balaban J connectivity index is 1.50. The number of rotatable bonds is 9. The average molecular weight is 420 g/mol. The van der Waals surface area contributed by atoms with Crippen molar-refractivity contribution in [2.45, 2.75) is 13.8 Å². The molecule has 0 N–H and O–H groups in total. The smallest absolute Gasteiger partial charge is 0.347 e. The summed E-state index contributed by atoms with van der Waals surface area (Å²) in [6.07, 6.45) is 1.47. The molecule has 0 radical (unpaired) electrons. The Bertz CT molecular complexity index is 1070. The lowest BCUT2D eigenvalue weighted by Gasteiger charge is -2.09. The summed E-state index contributed by atoms with van der Waals surface area (Å²) in [5, 5.41) is 3.73. The highest BCUT2D eigenvalue weighted by molar-refractivity contribution is 5.99. The van der Waals surface area contributed by atoms with Crippen molar-refractivity contribution < 1.29 is 23.9 Å². The van der Waals surface area contributed by atoms with Gasteiger partial charge in [0.15, 0.2) is 6.61 Å². The number of ether oxygens (including phenoxy) is 2. The van der Waals surface area contributed by atoms with Gasteiger partial charge in [0.25, 0.3) is 0 Å². The van der Waals surface area contributed by atoms with Crippen LogP contribution in [0.25, 0.3) is 5.69 Å². The van der Waals surface area contributed by atoms with Crippen LogP contribution in [-0.2, 0) is 14.4 Å². The first-order valence-electron chi connectivity index (χ1n) is 9.72. The molecule has 31 heavy (non-hydrogen) atoms. The number of Topliss-reactive ketones (excluding diaryl/α,β-unsaturated/α-hetero) is 1. The molecule has 1 heterocycles. The van der Waals surface area contributed by atoms with Gasteiger partial charge in [0.1, 0.15) is 5.75 Å². The molecule has 2 aromatic carbocycles. The van der Waals surface area contributed by atoms with Crippen molar-refractivity contribution in [3.8, 4) is 11.4 Å². The zero-order valence-electron chi connectivity index (χ0n) is 17.7. The van der Waals surface area contributed by atoms with Crippen LogP contribution in [0.1, 0.15) is 27.3 Å². The maximum Gasteiger partial charge on any atom is 0.347 e. The minimum Gasteiger partial charge on any atom is -0.497 e. The molecule has 7 heteroatoms. The number of methoxy groups -OCH3 is 1. The normalized spacial score (nSPS) is 10.8. The Morgan fingerprint density at radius 3 is 2.39 bits per heavy atom. The number of hydrogen-bond acceptors (Lipinski definition) is 6. The lowest BCUT2D eigenvalue weighted by atomic mass is 10.1. The number of aryl methyl sites for hydroxylation is 1. The molecule has 1 aromatic heterocycles. The first-order chi connectivity index (χ1) is 15.0. The van der Waals surface area contributed by atoms with Gasteiger partial charge < -0.3 is 18.9 Å². The molecule has 0 unspecified atom stereocenters. The van der Waals surface area contributed by atoms with E-state index < -0.39 is 5.97 Å². The molecule has 0 amide bonds. The number of nitrogens with zero attached hydrogens (tertiary/aromatic N) is 2. The highest BCUT2D eigenvalue weighted by Crippen LogP contribution is 2.21. The van der Waals surface area contributed by atoms with E-state index in [1.165, 1.54) is 6.21 Å². The second-order valence-electron chi connectivity index (χ2n) is 6.82. The summed E-state index contributed by atoms with van der Waals surface area (Å²) >= 11 is 0. The quantitative estimate of drug-likeness (QED) is 0.227. The summed E-state index contributed by atoms with van der Waals surface area (Å²) in [5.74, 6) is -0.210. The summed E-state index contributed by atoms with van der Waals surface area (Å²) < 4.78 is 12.1. The van der Waals surface area contributed by atoms with Crippen LogP contribution in [0.5, 0.6) is 5.75 Å². The van der Waals surface area contributed by atoms with Crippen LogP contribution in [0.3, 0.4) is 0 Å². The lowest BCUT2D eigenvalue weighted by molar-refractivity contribution is -0.147. The molecule has 0 saturated heterocycles. The predicted octanol–water partition coefficient (Wildman–Crippen LogP) is 3.88. The lowest BCUT2D eigenvalue weighted by Crippen LogP contribution is -2.17. The van der Waals surface area contributed by atoms with E-state index in [-0.39, 0.29) is 19.0 Å². The first kappa shape index (κ1) is 21.8. The third kappa shape index (κ3) is 5.60. The molecule has 0 aliphatic heterocycles. The SMILES string of the molecule is COc1ccc(/C=N\OCC(=O)OCC(=O)c2cc(C)n(-c3ccccc3)c2C)cc1. The minimum atomic E-state index is -0.669. The van der Waals surface area contributed by atoms with Crippen LogP contribution in [0, 0.1) is 13.8 Å². The number of aromatic nitrogens is 1. The van der Waals surface area contributed by atoms with Gasteiger partial charge in [-0.15, -0.1) is 0 Å². The highest BCUT2D eigenvalue weighted by Gasteiger charge is 2.18. The first-order valence-corrected chi connectivity index (χ1v) is 9.72. The van der Waals surface area contributed by atoms with Gasteiger partial charge >= 0.3 is 5.97 Å². The molecule has 3 rings (SSSR count). The van der Waals surface area contributed by atoms with Gasteiger partial charge in [-0.25, -0.2) is 4.79 Å². The van der Waals surface area contributed by atoms with Crippen molar-refractivity contribution in [2.75, 3.05) is 20.3 Å². The van der Waals surface area contributed by atoms with Crippen LogP contribution >= 0.6 is 0 Å². The molecule has 7 nitrogen and oxygen atoms in total. The summed E-state index contributed by atoms with van der Waals surface area (Å²) in [7, 11) is 1.59. The van der Waals surface area contributed by atoms with Crippen molar-refractivity contribution in [1.29, 1.82) is 0 Å². The average Bonchev–Trinajstić information content (AvgIpc) is 3.10. The van der Waals surface area contributed by atoms with Crippen molar-refractivity contribution in [3.63, 3.8) is 0 Å². The Morgan fingerprint density at radius 2 is 1.71 bits per heavy atom. The number of hydrogen-bond donors (Lipinski definition) is 0. The largest absolute Gasteiger partial charge is 0.497 e. The van der Waals surface area contributed by atoms with Crippen LogP contribution in [-0.4, -0.2) is 42.9 Å². The second kappa shape index (κ2) is 10.2. The number of carbonyl (C=O) groups is 2. The number of carbonyl (C=O) groups excluding carboxylic acids is 2. The van der Waals surface area contributed by atoms with E-state index >= 15 is 0 Å². The van der Waals surface area contributed by atoms with E-state index in [0.717, 1.165) is 28.4 Å². The molecule has 0 bridgehead atoms. The molecular weight excluding hydrogens is 396 g/mol. The van der Waals surface area contributed by atoms with E-state index in [1.54, 1.807) is 37.4 Å². The van der Waals surface area contributed by atoms with Crippen molar-refractivity contribution in [3.05, 3.63) is 83.2 Å². The van der Waals surface area contributed by atoms with Crippen LogP contribution in [0.4, 0.5) is 0 Å². The fourth-order valence-corrected chi connectivity index (χ4v) is 3.16. The minimum absolute atomic E-state index is 0.273.